The van der Waals surface area contributed by atoms with E-state index in [1.54, 1.807) is 24.3 Å². The lowest BCUT2D eigenvalue weighted by Gasteiger charge is -2.63. The van der Waals surface area contributed by atoms with Crippen LogP contribution in [0, 0.1) is 11.8 Å². The second kappa shape index (κ2) is 7.17. The van der Waals surface area contributed by atoms with Crippen molar-refractivity contribution in [2.75, 3.05) is 25.2 Å². The van der Waals surface area contributed by atoms with Gasteiger partial charge in [-0.3, -0.25) is 14.5 Å². The highest BCUT2D eigenvalue weighted by molar-refractivity contribution is 6.10. The molecule has 6 aliphatic rings. The zero-order chi connectivity index (χ0) is 25.1. The maximum absolute atomic E-state index is 14.0. The number of carbonyl (C=O) groups is 2. The monoisotopic (exact) mass is 504 g/mol. The molecule has 2 aromatic carbocycles. The quantitative estimate of drug-likeness (QED) is 0.542. The van der Waals surface area contributed by atoms with Crippen LogP contribution in [0.2, 0.25) is 0 Å². The van der Waals surface area contributed by atoms with Crippen molar-refractivity contribution in [3.05, 3.63) is 41.5 Å². The van der Waals surface area contributed by atoms with Crippen LogP contribution in [0.25, 0.3) is 0 Å². The molecular weight excluding hydrogens is 476 g/mol. The van der Waals surface area contributed by atoms with Crippen LogP contribution in [0.3, 0.4) is 0 Å². The van der Waals surface area contributed by atoms with Gasteiger partial charge in [-0.1, -0.05) is 6.07 Å². The van der Waals surface area contributed by atoms with E-state index in [1.807, 2.05) is 6.07 Å². The number of piperidine rings is 1. The number of hydrogen-bond donors (Lipinski definition) is 3. The lowest BCUT2D eigenvalue weighted by atomic mass is 9.47. The zero-order valence-corrected chi connectivity index (χ0v) is 20.2. The van der Waals surface area contributed by atoms with Gasteiger partial charge in [-0.05, 0) is 68.3 Å². The molecule has 2 aromatic rings. The number of Topliss-reactive ketones (excluding diaryl/α,β-unsaturated/α-hetero) is 1. The summed E-state index contributed by atoms with van der Waals surface area (Å²) >= 11 is 0. The number of likely N-dealkylation sites (tertiary alicyclic amines) is 1. The number of anilines is 1. The Kier molecular flexibility index (Phi) is 4.22. The van der Waals surface area contributed by atoms with Crippen molar-refractivity contribution in [2.24, 2.45) is 11.8 Å². The van der Waals surface area contributed by atoms with E-state index in [0.717, 1.165) is 24.2 Å². The number of nitrogens with one attached hydrogen (secondary N) is 1. The van der Waals surface area contributed by atoms with Crippen molar-refractivity contribution >= 4 is 17.4 Å². The molecule has 3 N–H and O–H groups in total. The molecule has 3 heterocycles. The van der Waals surface area contributed by atoms with Crippen LogP contribution in [0.5, 0.6) is 23.0 Å². The minimum Gasteiger partial charge on any atom is -0.504 e. The van der Waals surface area contributed by atoms with Crippen LogP contribution in [-0.2, 0) is 21.4 Å². The standard InChI is InChI=1S/C28H28N2O7/c31-18-5-3-15-9-21-28(34)11-17(26(33)29-16-4-6-19-20(10-16)36-13-35-19)23(32)25-27(28,22(15)24(18)37-25)7-8-30(21)12-14-1-2-14/h3-6,10,14,17,21,25,31,34H,1-2,7-9,11-13H2,(H,29,33)/t17?,21-,25+,27+,28-/m1/s1. The van der Waals surface area contributed by atoms with Gasteiger partial charge in [0, 0.05) is 29.9 Å². The van der Waals surface area contributed by atoms with Crippen LogP contribution >= 0.6 is 0 Å². The average molecular weight is 505 g/mol. The first-order chi connectivity index (χ1) is 17.9. The maximum atomic E-state index is 14.0. The van der Waals surface area contributed by atoms with Gasteiger partial charge in [0.1, 0.15) is 5.92 Å². The summed E-state index contributed by atoms with van der Waals surface area (Å²) in [6.07, 6.45) is 2.53. The molecule has 3 aliphatic heterocycles. The van der Waals surface area contributed by atoms with Crippen LogP contribution in [0.1, 0.15) is 36.8 Å². The molecule has 1 saturated heterocycles. The van der Waals surface area contributed by atoms with Gasteiger partial charge in [0.2, 0.25) is 12.7 Å². The number of carbonyl (C=O) groups excluding carboxylic acids is 2. The van der Waals surface area contributed by atoms with Crippen molar-refractivity contribution in [3.63, 3.8) is 0 Å². The highest BCUT2D eigenvalue weighted by Gasteiger charge is 2.75. The van der Waals surface area contributed by atoms with Crippen LogP contribution < -0.4 is 19.5 Å². The van der Waals surface area contributed by atoms with Gasteiger partial charge in [-0.25, -0.2) is 0 Å². The van der Waals surface area contributed by atoms with Gasteiger partial charge in [0.05, 0.1) is 11.0 Å². The fraction of sp³-hybridized carbons (Fsp3) is 0.500. The Bertz CT molecular complexity index is 1370. The largest absolute Gasteiger partial charge is 0.504 e. The smallest absolute Gasteiger partial charge is 0.235 e. The number of hydrogen-bond acceptors (Lipinski definition) is 8. The van der Waals surface area contributed by atoms with Crippen LogP contribution in [-0.4, -0.2) is 64.4 Å². The SMILES string of the molecule is O=C(Nc1ccc2c(c1)OCO2)C1C[C@@]2(O)[C@H]3Cc4ccc(O)c5c4[C@@]2(CCN3CC2CC2)[C@@H](O5)C1=O. The van der Waals surface area contributed by atoms with E-state index in [9.17, 15) is 19.8 Å². The predicted molar refractivity (Wildman–Crippen MR) is 130 cm³/mol. The van der Waals surface area contributed by atoms with Crippen molar-refractivity contribution in [1.29, 1.82) is 0 Å². The van der Waals surface area contributed by atoms with Gasteiger partial charge >= 0.3 is 0 Å². The van der Waals surface area contributed by atoms with E-state index < -0.39 is 28.9 Å². The zero-order valence-electron chi connectivity index (χ0n) is 20.2. The summed E-state index contributed by atoms with van der Waals surface area (Å²) in [6.45, 7) is 1.78. The van der Waals surface area contributed by atoms with E-state index in [-0.39, 0.29) is 30.8 Å². The van der Waals surface area contributed by atoms with E-state index in [2.05, 4.69) is 10.2 Å². The van der Waals surface area contributed by atoms with Gasteiger partial charge in [0.25, 0.3) is 0 Å². The number of phenols is 1. The van der Waals surface area contributed by atoms with Gasteiger partial charge in [0.15, 0.2) is 34.9 Å². The molecule has 1 unspecified atom stereocenters. The van der Waals surface area contributed by atoms with Crippen LogP contribution in [0.15, 0.2) is 30.3 Å². The minimum atomic E-state index is -1.35. The second-order valence-electron chi connectivity index (χ2n) is 11.5. The number of ether oxygens (including phenoxy) is 3. The maximum Gasteiger partial charge on any atom is 0.235 e. The molecule has 2 bridgehead atoms. The Balaban J connectivity index is 1.19. The number of rotatable bonds is 4. The number of phenolic OH excluding ortho intramolecular Hbond substituents is 1. The first kappa shape index (κ1) is 21.8. The number of ketones is 1. The first-order valence-corrected chi connectivity index (χ1v) is 13.1. The third kappa shape index (κ3) is 2.76. The molecule has 5 atom stereocenters. The summed E-state index contributed by atoms with van der Waals surface area (Å²) in [5.41, 5.74) is -0.0379. The summed E-state index contributed by atoms with van der Waals surface area (Å²) in [6, 6.07) is 8.37. The second-order valence-corrected chi connectivity index (χ2v) is 11.5. The number of aromatic hydroxyl groups is 1. The molecule has 2 saturated carbocycles. The molecular formula is C28H28N2O7. The molecule has 1 amide bonds. The van der Waals surface area contributed by atoms with Gasteiger partial charge < -0.3 is 29.7 Å². The normalized spacial score (nSPS) is 34.6. The Morgan fingerprint density at radius 1 is 1.16 bits per heavy atom. The third-order valence-electron chi connectivity index (χ3n) is 9.59. The number of fused-ring (bicyclic) bond motifs is 1. The molecule has 3 fully saturated rings. The Labute approximate surface area is 213 Å². The molecule has 37 heavy (non-hydrogen) atoms. The van der Waals surface area contributed by atoms with E-state index >= 15 is 0 Å². The van der Waals surface area contributed by atoms with Crippen molar-refractivity contribution < 1.29 is 34.0 Å². The van der Waals surface area contributed by atoms with Crippen LogP contribution in [0.4, 0.5) is 5.69 Å². The number of aliphatic hydroxyl groups is 1. The lowest BCUT2D eigenvalue weighted by molar-refractivity contribution is -0.197. The summed E-state index contributed by atoms with van der Waals surface area (Å²) in [5, 5.41) is 26.2. The highest BCUT2D eigenvalue weighted by atomic mass is 16.7. The first-order valence-electron chi connectivity index (χ1n) is 13.1. The molecule has 192 valence electrons. The number of amides is 1. The Morgan fingerprint density at radius 3 is 2.84 bits per heavy atom. The summed E-state index contributed by atoms with van der Waals surface area (Å²) < 4.78 is 17.0. The van der Waals surface area contributed by atoms with Crippen molar-refractivity contribution in [3.8, 4) is 23.0 Å². The summed E-state index contributed by atoms with van der Waals surface area (Å²) in [7, 11) is 0. The molecule has 9 nitrogen and oxygen atoms in total. The van der Waals surface area contributed by atoms with E-state index in [0.29, 0.717) is 41.7 Å². The minimum absolute atomic E-state index is 0.0163. The van der Waals surface area contributed by atoms with Crippen molar-refractivity contribution in [1.82, 2.24) is 4.90 Å². The molecule has 0 radical (unpaired) electrons. The molecule has 8 rings (SSSR count). The number of nitrogens with zero attached hydrogens (tertiary/aromatic N) is 1. The summed E-state index contributed by atoms with van der Waals surface area (Å²) in [4.78, 5) is 29.9. The molecule has 3 aliphatic carbocycles. The fourth-order valence-corrected chi connectivity index (χ4v) is 7.73. The molecule has 1 spiro atoms. The Hall–Kier alpha value is -3.30. The molecule has 9 heteroatoms. The highest BCUT2D eigenvalue weighted by Crippen LogP contribution is 2.65. The molecule has 0 aromatic heterocycles. The van der Waals surface area contributed by atoms with Crippen molar-refractivity contribution in [2.45, 2.75) is 55.3 Å². The predicted octanol–water partition coefficient (Wildman–Crippen LogP) is 2.12. The topological polar surface area (TPSA) is 118 Å². The Morgan fingerprint density at radius 2 is 2.00 bits per heavy atom. The third-order valence-corrected chi connectivity index (χ3v) is 9.59. The van der Waals surface area contributed by atoms with E-state index in [1.165, 1.54) is 12.8 Å². The van der Waals surface area contributed by atoms with Gasteiger partial charge in [-0.2, -0.15) is 0 Å². The summed E-state index contributed by atoms with van der Waals surface area (Å²) in [5.74, 6) is 0.115. The van der Waals surface area contributed by atoms with E-state index in [4.69, 9.17) is 14.2 Å². The average Bonchev–Trinajstić information content (AvgIpc) is 3.43. The number of benzene rings is 2. The van der Waals surface area contributed by atoms with Gasteiger partial charge in [-0.15, -0.1) is 0 Å². The fourth-order valence-electron chi connectivity index (χ4n) is 7.73. The lowest BCUT2D eigenvalue weighted by Crippen LogP contribution is -2.78.